The zero-order valence-corrected chi connectivity index (χ0v) is 11.8. The number of hydrogen-bond acceptors (Lipinski definition) is 3. The van der Waals surface area contributed by atoms with E-state index in [1.807, 2.05) is 30.9 Å². The minimum absolute atomic E-state index is 0.257. The zero-order chi connectivity index (χ0) is 14.5. The van der Waals surface area contributed by atoms with Crippen LogP contribution in [0.2, 0.25) is 0 Å². The molecule has 0 amide bonds. The third kappa shape index (κ3) is 2.96. The summed E-state index contributed by atoms with van der Waals surface area (Å²) >= 11 is 0. The van der Waals surface area contributed by atoms with E-state index in [2.05, 4.69) is 4.98 Å². The van der Waals surface area contributed by atoms with E-state index >= 15 is 0 Å². The summed E-state index contributed by atoms with van der Waals surface area (Å²) in [6.07, 6.45) is 1.74. The number of aliphatic hydroxyl groups excluding tert-OH is 1. The Bertz CT molecular complexity index is 557. The Hall–Kier alpha value is -1.94. The van der Waals surface area contributed by atoms with Crippen LogP contribution < -0.4 is 4.90 Å². The summed E-state index contributed by atoms with van der Waals surface area (Å²) in [5.74, 6) is -0.257. The first kappa shape index (κ1) is 14.5. The summed E-state index contributed by atoms with van der Waals surface area (Å²) in [5, 5.41) is 9.74. The summed E-state index contributed by atoms with van der Waals surface area (Å²) in [5.41, 5.74) is 1.98. The molecule has 0 aliphatic carbocycles. The summed E-state index contributed by atoms with van der Waals surface area (Å²) in [6, 6.07) is 10.3. The molecule has 106 valence electrons. The van der Waals surface area contributed by atoms with Gasteiger partial charge in [-0.3, -0.25) is 4.98 Å². The number of rotatable bonds is 5. The van der Waals surface area contributed by atoms with Crippen LogP contribution in [0, 0.1) is 5.82 Å². The lowest BCUT2D eigenvalue weighted by molar-refractivity contribution is 0.169. The first-order valence-corrected chi connectivity index (χ1v) is 6.83. The Morgan fingerprint density at radius 2 is 1.95 bits per heavy atom. The molecule has 20 heavy (non-hydrogen) atoms. The molecule has 0 bridgehead atoms. The molecule has 1 aromatic carbocycles. The van der Waals surface area contributed by atoms with Gasteiger partial charge in [-0.2, -0.15) is 0 Å². The first-order chi connectivity index (χ1) is 9.67. The quantitative estimate of drug-likeness (QED) is 0.900. The Morgan fingerprint density at radius 3 is 2.50 bits per heavy atom. The molecule has 1 atom stereocenters. The maximum Gasteiger partial charge on any atom is 0.146 e. The van der Waals surface area contributed by atoms with Crippen molar-refractivity contribution in [2.24, 2.45) is 0 Å². The number of aliphatic hydroxyl groups is 1. The van der Waals surface area contributed by atoms with Gasteiger partial charge in [0.15, 0.2) is 0 Å². The lowest BCUT2D eigenvalue weighted by Gasteiger charge is -2.23. The number of anilines is 2. The number of nitrogens with zero attached hydrogens (tertiary/aromatic N) is 2. The predicted octanol–water partition coefficient (Wildman–Crippen LogP) is 3.82. The fourth-order valence-electron chi connectivity index (χ4n) is 2.13. The average molecular weight is 274 g/mol. The molecule has 0 aliphatic rings. The topological polar surface area (TPSA) is 36.4 Å². The Morgan fingerprint density at radius 1 is 1.20 bits per heavy atom. The van der Waals surface area contributed by atoms with Crippen molar-refractivity contribution < 1.29 is 9.50 Å². The van der Waals surface area contributed by atoms with Crippen LogP contribution >= 0.6 is 0 Å². The molecule has 0 fully saturated rings. The van der Waals surface area contributed by atoms with Gasteiger partial charge in [0, 0.05) is 6.54 Å². The van der Waals surface area contributed by atoms with Gasteiger partial charge in [-0.05, 0) is 37.6 Å². The normalized spacial score (nSPS) is 12.2. The highest BCUT2D eigenvalue weighted by Gasteiger charge is 2.13. The van der Waals surface area contributed by atoms with Crippen LogP contribution in [0.4, 0.5) is 15.8 Å². The van der Waals surface area contributed by atoms with Crippen molar-refractivity contribution in [2.45, 2.75) is 26.4 Å². The fraction of sp³-hybridized carbons (Fsp3) is 0.312. The van der Waals surface area contributed by atoms with Crippen LogP contribution in [0.1, 0.15) is 32.1 Å². The van der Waals surface area contributed by atoms with Crippen LogP contribution in [-0.2, 0) is 0 Å². The standard InChI is InChI=1S/C16H19FN2O/c1-3-16(20)14-10-9-12(11-18-14)19(4-2)15-8-6-5-7-13(15)17/h5-11,16,20H,3-4H2,1-2H3. The maximum atomic E-state index is 13.9. The molecule has 4 heteroatoms. The lowest BCUT2D eigenvalue weighted by Crippen LogP contribution is -2.17. The molecule has 1 aromatic heterocycles. The second-order valence-corrected chi connectivity index (χ2v) is 4.56. The van der Waals surface area contributed by atoms with Crippen molar-refractivity contribution in [3.63, 3.8) is 0 Å². The number of aromatic nitrogens is 1. The largest absolute Gasteiger partial charge is 0.387 e. The molecule has 0 saturated carbocycles. The molecule has 1 heterocycles. The molecular formula is C16H19FN2O. The molecule has 2 aromatic rings. The maximum absolute atomic E-state index is 13.9. The molecule has 1 unspecified atom stereocenters. The van der Waals surface area contributed by atoms with E-state index in [0.717, 1.165) is 5.69 Å². The summed E-state index contributed by atoms with van der Waals surface area (Å²) in [6.45, 7) is 4.50. The van der Waals surface area contributed by atoms with E-state index in [4.69, 9.17) is 0 Å². The van der Waals surface area contributed by atoms with Crippen LogP contribution in [0.3, 0.4) is 0 Å². The third-order valence-electron chi connectivity index (χ3n) is 3.27. The number of para-hydroxylation sites is 1. The average Bonchev–Trinajstić information content (AvgIpc) is 2.50. The van der Waals surface area contributed by atoms with Crippen LogP contribution in [0.15, 0.2) is 42.6 Å². The van der Waals surface area contributed by atoms with Crippen molar-refractivity contribution >= 4 is 11.4 Å². The third-order valence-corrected chi connectivity index (χ3v) is 3.27. The predicted molar refractivity (Wildman–Crippen MR) is 78.6 cm³/mol. The highest BCUT2D eigenvalue weighted by Crippen LogP contribution is 2.27. The van der Waals surface area contributed by atoms with Gasteiger partial charge in [0.2, 0.25) is 0 Å². The summed E-state index contributed by atoms with van der Waals surface area (Å²) in [7, 11) is 0. The van der Waals surface area contributed by atoms with Crippen LogP contribution in [0.5, 0.6) is 0 Å². The van der Waals surface area contributed by atoms with Crippen LogP contribution in [0.25, 0.3) is 0 Å². The molecule has 0 aliphatic heterocycles. The lowest BCUT2D eigenvalue weighted by atomic mass is 10.1. The molecule has 0 radical (unpaired) electrons. The van der Waals surface area contributed by atoms with E-state index in [9.17, 15) is 9.50 Å². The monoisotopic (exact) mass is 274 g/mol. The van der Waals surface area contributed by atoms with Crippen molar-refractivity contribution in [1.29, 1.82) is 0 Å². The SMILES string of the molecule is CCC(O)c1ccc(N(CC)c2ccccc2F)cn1. The summed E-state index contributed by atoms with van der Waals surface area (Å²) < 4.78 is 13.9. The molecule has 1 N–H and O–H groups in total. The number of pyridine rings is 1. The van der Waals surface area contributed by atoms with Gasteiger partial charge in [-0.1, -0.05) is 19.1 Å². The van der Waals surface area contributed by atoms with Gasteiger partial charge in [0.1, 0.15) is 5.82 Å². The van der Waals surface area contributed by atoms with Crippen molar-refractivity contribution in [3.05, 3.63) is 54.1 Å². The second-order valence-electron chi connectivity index (χ2n) is 4.56. The molecule has 3 nitrogen and oxygen atoms in total. The molecule has 0 spiro atoms. The first-order valence-electron chi connectivity index (χ1n) is 6.83. The second kappa shape index (κ2) is 6.48. The minimum Gasteiger partial charge on any atom is -0.387 e. The van der Waals surface area contributed by atoms with E-state index in [1.54, 1.807) is 24.4 Å². The zero-order valence-electron chi connectivity index (χ0n) is 11.8. The number of hydrogen-bond donors (Lipinski definition) is 1. The fourth-order valence-corrected chi connectivity index (χ4v) is 2.13. The Kier molecular flexibility index (Phi) is 4.69. The van der Waals surface area contributed by atoms with Gasteiger partial charge in [-0.25, -0.2) is 4.39 Å². The minimum atomic E-state index is -0.549. The van der Waals surface area contributed by atoms with Gasteiger partial charge in [0.25, 0.3) is 0 Å². The van der Waals surface area contributed by atoms with E-state index in [-0.39, 0.29) is 5.82 Å². The highest BCUT2D eigenvalue weighted by molar-refractivity contribution is 5.62. The molecular weight excluding hydrogens is 255 g/mol. The van der Waals surface area contributed by atoms with E-state index < -0.39 is 6.10 Å². The Balaban J connectivity index is 2.31. The van der Waals surface area contributed by atoms with Gasteiger partial charge in [0.05, 0.1) is 29.4 Å². The van der Waals surface area contributed by atoms with Crippen molar-refractivity contribution in [3.8, 4) is 0 Å². The summed E-state index contributed by atoms with van der Waals surface area (Å²) in [4.78, 5) is 6.11. The number of halogens is 1. The van der Waals surface area contributed by atoms with Gasteiger partial charge >= 0.3 is 0 Å². The van der Waals surface area contributed by atoms with Gasteiger partial charge < -0.3 is 10.0 Å². The van der Waals surface area contributed by atoms with Crippen molar-refractivity contribution in [1.82, 2.24) is 4.98 Å². The van der Waals surface area contributed by atoms with E-state index in [0.29, 0.717) is 24.3 Å². The van der Waals surface area contributed by atoms with E-state index in [1.165, 1.54) is 6.07 Å². The molecule has 2 rings (SSSR count). The molecule has 0 saturated heterocycles. The Labute approximate surface area is 118 Å². The number of benzene rings is 1. The van der Waals surface area contributed by atoms with Crippen molar-refractivity contribution in [2.75, 3.05) is 11.4 Å². The smallest absolute Gasteiger partial charge is 0.146 e. The van der Waals surface area contributed by atoms with Gasteiger partial charge in [-0.15, -0.1) is 0 Å². The van der Waals surface area contributed by atoms with Crippen LogP contribution in [-0.4, -0.2) is 16.6 Å². The highest BCUT2D eigenvalue weighted by atomic mass is 19.1.